The molecule has 1 saturated heterocycles. The number of rotatable bonds is 3. The number of nitrogens with zero attached hydrogens (tertiary/aromatic N) is 2. The summed E-state index contributed by atoms with van der Waals surface area (Å²) in [5, 5.41) is 2.21. The van der Waals surface area contributed by atoms with E-state index >= 15 is 0 Å². The molecule has 0 spiro atoms. The standard InChI is InChI=1S/C12H16ClN3O3S2/c1-14-10-6-8(5-9(13)15-10)12(17)16-3-4-20-7-11(16)21(2,18)19/h5-6,11H,3-4,7H2,1-2H3,(H,14,15). The first-order chi connectivity index (χ1) is 9.82. The second-order valence-corrected chi connectivity index (χ2v) is 8.41. The molecule has 1 N–H and O–H groups in total. The number of carbonyl (C=O) groups excluding carboxylic acids is 1. The topological polar surface area (TPSA) is 79.4 Å². The van der Waals surface area contributed by atoms with Gasteiger partial charge >= 0.3 is 0 Å². The van der Waals surface area contributed by atoms with E-state index in [1.54, 1.807) is 13.1 Å². The predicted octanol–water partition coefficient (Wildman–Crippen LogP) is 1.34. The Balaban J connectivity index is 2.35. The summed E-state index contributed by atoms with van der Waals surface area (Å²) in [6, 6.07) is 3.01. The average molecular weight is 350 g/mol. The summed E-state index contributed by atoms with van der Waals surface area (Å²) in [6.07, 6.45) is 1.16. The number of pyridine rings is 1. The maximum atomic E-state index is 12.6. The van der Waals surface area contributed by atoms with Crippen LogP contribution in [0.25, 0.3) is 0 Å². The van der Waals surface area contributed by atoms with Crippen molar-refractivity contribution in [2.45, 2.75) is 5.37 Å². The van der Waals surface area contributed by atoms with Crippen molar-refractivity contribution in [1.82, 2.24) is 9.88 Å². The Hall–Kier alpha value is -0.990. The number of nitrogens with one attached hydrogen (secondary N) is 1. The third-order valence-electron chi connectivity index (χ3n) is 3.14. The number of thioether (sulfide) groups is 1. The summed E-state index contributed by atoms with van der Waals surface area (Å²) in [6.45, 7) is 0.399. The Bertz CT molecular complexity index is 651. The van der Waals surface area contributed by atoms with Gasteiger partial charge in [0.05, 0.1) is 0 Å². The second kappa shape index (κ2) is 6.41. The van der Waals surface area contributed by atoms with Gasteiger partial charge in [-0.2, -0.15) is 11.8 Å². The van der Waals surface area contributed by atoms with Gasteiger partial charge in [-0.3, -0.25) is 4.79 Å². The minimum Gasteiger partial charge on any atom is -0.373 e. The molecule has 1 aromatic heterocycles. The molecule has 0 aliphatic carbocycles. The van der Waals surface area contributed by atoms with Crippen molar-refractivity contribution in [2.75, 3.05) is 36.7 Å². The van der Waals surface area contributed by atoms with Crippen molar-refractivity contribution in [3.63, 3.8) is 0 Å². The fourth-order valence-electron chi connectivity index (χ4n) is 2.08. The first-order valence-electron chi connectivity index (χ1n) is 6.26. The molecule has 0 bridgehead atoms. The molecule has 1 aliphatic heterocycles. The number of aromatic nitrogens is 1. The van der Waals surface area contributed by atoms with Gasteiger partial charge in [0.15, 0.2) is 9.84 Å². The minimum atomic E-state index is -3.33. The first kappa shape index (κ1) is 16.4. The highest BCUT2D eigenvalue weighted by Crippen LogP contribution is 2.24. The molecular formula is C12H16ClN3O3S2. The molecule has 0 radical (unpaired) electrons. The van der Waals surface area contributed by atoms with Crippen LogP contribution in [-0.2, 0) is 9.84 Å². The molecule has 6 nitrogen and oxygen atoms in total. The molecule has 1 aliphatic rings. The van der Waals surface area contributed by atoms with Crippen molar-refractivity contribution in [2.24, 2.45) is 0 Å². The number of hydrogen-bond donors (Lipinski definition) is 1. The van der Waals surface area contributed by atoms with Crippen molar-refractivity contribution >= 4 is 44.9 Å². The fraction of sp³-hybridized carbons (Fsp3) is 0.500. The van der Waals surface area contributed by atoms with Gasteiger partial charge in [0.25, 0.3) is 5.91 Å². The summed E-state index contributed by atoms with van der Waals surface area (Å²) in [5.41, 5.74) is 0.333. The summed E-state index contributed by atoms with van der Waals surface area (Å²) >= 11 is 7.43. The summed E-state index contributed by atoms with van der Waals surface area (Å²) in [4.78, 5) is 18.0. The summed E-state index contributed by atoms with van der Waals surface area (Å²) in [5.74, 6) is 1.23. The highest BCUT2D eigenvalue weighted by molar-refractivity contribution is 8.00. The maximum Gasteiger partial charge on any atom is 0.255 e. The maximum absolute atomic E-state index is 12.6. The van der Waals surface area contributed by atoms with Gasteiger partial charge in [0.1, 0.15) is 16.3 Å². The van der Waals surface area contributed by atoms with Crippen LogP contribution in [0.4, 0.5) is 5.82 Å². The monoisotopic (exact) mass is 349 g/mol. The first-order valence-corrected chi connectivity index (χ1v) is 9.74. The SMILES string of the molecule is CNc1cc(C(=O)N2CCSCC2S(C)(=O)=O)cc(Cl)n1. The zero-order valence-corrected chi connectivity index (χ0v) is 14.1. The largest absolute Gasteiger partial charge is 0.373 e. The molecule has 1 amide bonds. The van der Waals surface area contributed by atoms with Gasteiger partial charge in [-0.1, -0.05) is 11.6 Å². The van der Waals surface area contributed by atoms with E-state index in [1.807, 2.05) is 0 Å². The summed E-state index contributed by atoms with van der Waals surface area (Å²) < 4.78 is 23.7. The lowest BCUT2D eigenvalue weighted by atomic mass is 10.2. The summed E-state index contributed by atoms with van der Waals surface area (Å²) in [7, 11) is -1.66. The average Bonchev–Trinajstić information content (AvgIpc) is 2.45. The van der Waals surface area contributed by atoms with Crippen LogP contribution >= 0.6 is 23.4 Å². The van der Waals surface area contributed by atoms with E-state index in [4.69, 9.17) is 11.6 Å². The van der Waals surface area contributed by atoms with Gasteiger partial charge < -0.3 is 10.2 Å². The van der Waals surface area contributed by atoms with E-state index in [0.717, 1.165) is 12.0 Å². The van der Waals surface area contributed by atoms with Gasteiger partial charge in [0.2, 0.25) is 0 Å². The Morgan fingerprint density at radius 1 is 1.52 bits per heavy atom. The zero-order valence-electron chi connectivity index (χ0n) is 11.7. The smallest absolute Gasteiger partial charge is 0.255 e. The Morgan fingerprint density at radius 3 is 2.86 bits per heavy atom. The van der Waals surface area contributed by atoms with Crippen molar-refractivity contribution in [1.29, 1.82) is 0 Å². The quantitative estimate of drug-likeness (QED) is 0.829. The molecule has 1 unspecified atom stereocenters. The Kier molecular flexibility index (Phi) is 5.00. The lowest BCUT2D eigenvalue weighted by Crippen LogP contribution is -2.49. The molecule has 0 saturated carbocycles. The van der Waals surface area contributed by atoms with Gasteiger partial charge in [0, 0.05) is 36.9 Å². The molecule has 1 atom stereocenters. The highest BCUT2D eigenvalue weighted by atomic mass is 35.5. The second-order valence-electron chi connectivity index (χ2n) is 4.67. The van der Waals surface area contributed by atoms with Crippen LogP contribution in [0.3, 0.4) is 0 Å². The van der Waals surface area contributed by atoms with E-state index in [0.29, 0.717) is 23.7 Å². The van der Waals surface area contributed by atoms with Crippen LogP contribution in [0.1, 0.15) is 10.4 Å². The third-order valence-corrected chi connectivity index (χ3v) is 5.97. The molecule has 9 heteroatoms. The van der Waals surface area contributed by atoms with Gasteiger partial charge in [-0.05, 0) is 12.1 Å². The van der Waals surface area contributed by atoms with E-state index in [2.05, 4.69) is 10.3 Å². The third kappa shape index (κ3) is 3.81. The lowest BCUT2D eigenvalue weighted by molar-refractivity contribution is 0.0749. The number of amides is 1. The highest BCUT2D eigenvalue weighted by Gasteiger charge is 2.34. The van der Waals surface area contributed by atoms with Crippen molar-refractivity contribution in [3.8, 4) is 0 Å². The normalized spacial score (nSPS) is 19.4. The van der Waals surface area contributed by atoms with E-state index in [1.165, 1.54) is 22.7 Å². The van der Waals surface area contributed by atoms with E-state index in [9.17, 15) is 13.2 Å². The van der Waals surface area contributed by atoms with Crippen molar-refractivity contribution in [3.05, 3.63) is 22.8 Å². The zero-order chi connectivity index (χ0) is 15.6. The number of sulfone groups is 1. The van der Waals surface area contributed by atoms with Crippen LogP contribution in [0.15, 0.2) is 12.1 Å². The molecule has 21 heavy (non-hydrogen) atoms. The van der Waals surface area contributed by atoms with Gasteiger partial charge in [-0.25, -0.2) is 13.4 Å². The number of carbonyl (C=O) groups is 1. The fourth-order valence-corrected chi connectivity index (χ4v) is 5.11. The Morgan fingerprint density at radius 2 is 2.24 bits per heavy atom. The van der Waals surface area contributed by atoms with Gasteiger partial charge in [-0.15, -0.1) is 0 Å². The molecule has 1 aromatic rings. The molecule has 0 aromatic carbocycles. The van der Waals surface area contributed by atoms with Crippen LogP contribution in [0.5, 0.6) is 0 Å². The molecular weight excluding hydrogens is 334 g/mol. The van der Waals surface area contributed by atoms with Crippen LogP contribution in [0, 0.1) is 0 Å². The lowest BCUT2D eigenvalue weighted by Gasteiger charge is -2.34. The van der Waals surface area contributed by atoms with E-state index < -0.39 is 15.2 Å². The molecule has 2 heterocycles. The molecule has 116 valence electrons. The number of anilines is 1. The number of hydrogen-bond acceptors (Lipinski definition) is 6. The van der Waals surface area contributed by atoms with Crippen molar-refractivity contribution < 1.29 is 13.2 Å². The molecule has 1 fully saturated rings. The predicted molar refractivity (Wildman–Crippen MR) is 85.8 cm³/mol. The minimum absolute atomic E-state index is 0.187. The van der Waals surface area contributed by atoms with Crippen LogP contribution in [-0.4, -0.2) is 60.9 Å². The number of halogens is 1. The van der Waals surface area contributed by atoms with Crippen LogP contribution in [0.2, 0.25) is 5.15 Å². The van der Waals surface area contributed by atoms with Crippen LogP contribution < -0.4 is 5.32 Å². The van der Waals surface area contributed by atoms with E-state index in [-0.39, 0.29) is 11.1 Å². The molecule has 2 rings (SSSR count). The Labute approximate surface area is 133 Å².